The van der Waals surface area contributed by atoms with E-state index in [4.69, 9.17) is 4.74 Å². The number of fused-ring (bicyclic) bond motifs is 3. The predicted molar refractivity (Wildman–Crippen MR) is 152 cm³/mol. The number of ether oxygens (including phenoxy) is 1. The van der Waals surface area contributed by atoms with Crippen LogP contribution in [0.25, 0.3) is 10.9 Å². The molecule has 0 radical (unpaired) electrons. The molecule has 0 saturated heterocycles. The van der Waals surface area contributed by atoms with Crippen molar-refractivity contribution in [3.05, 3.63) is 65.1 Å². The summed E-state index contributed by atoms with van der Waals surface area (Å²) in [5, 5.41) is 32.7. The average Bonchev–Trinajstić information content (AvgIpc) is 3.75. The van der Waals surface area contributed by atoms with Crippen LogP contribution in [-0.2, 0) is 29.5 Å². The SMILES string of the molecule is CC(C)(Cc1c[nH]c2cc(CCc3nn[nH]n3)ccc12)NC[C@H](O)COc1cccc2c1C1(CCCC1)C(=O)N2. The number of benzene rings is 2. The first kappa shape index (κ1) is 26.5. The fourth-order valence-corrected chi connectivity index (χ4v) is 6.32. The van der Waals surface area contributed by atoms with Gasteiger partial charge in [0.05, 0.1) is 5.41 Å². The third-order valence-corrected chi connectivity index (χ3v) is 8.38. The highest BCUT2D eigenvalue weighted by atomic mass is 16.5. The minimum atomic E-state index is -0.690. The van der Waals surface area contributed by atoms with Crippen molar-refractivity contribution in [2.24, 2.45) is 0 Å². The van der Waals surface area contributed by atoms with Crippen LogP contribution in [0.5, 0.6) is 5.75 Å². The van der Waals surface area contributed by atoms with Crippen LogP contribution >= 0.6 is 0 Å². The number of anilines is 1. The molecule has 2 aromatic carbocycles. The van der Waals surface area contributed by atoms with E-state index in [2.05, 4.69) is 74.5 Å². The second kappa shape index (κ2) is 10.7. The Morgan fingerprint density at radius 3 is 2.83 bits per heavy atom. The first-order valence-corrected chi connectivity index (χ1v) is 14.2. The number of aromatic nitrogens is 5. The zero-order chi connectivity index (χ0) is 27.7. The first-order valence-electron chi connectivity index (χ1n) is 14.2. The summed E-state index contributed by atoms with van der Waals surface area (Å²) in [4.78, 5) is 16.2. The number of β-amino-alcohol motifs (C(OH)–C–C–N with tert-alkyl or cyclic N) is 1. The Balaban J connectivity index is 1.04. The molecule has 6 rings (SSSR count). The van der Waals surface area contributed by atoms with E-state index in [1.807, 2.05) is 18.2 Å². The zero-order valence-corrected chi connectivity index (χ0v) is 23.1. The summed E-state index contributed by atoms with van der Waals surface area (Å²) in [5.41, 5.74) is 4.63. The van der Waals surface area contributed by atoms with Crippen molar-refractivity contribution in [2.75, 3.05) is 18.5 Å². The molecule has 40 heavy (non-hydrogen) atoms. The van der Waals surface area contributed by atoms with Crippen molar-refractivity contribution in [3.63, 3.8) is 0 Å². The molecule has 1 atom stereocenters. The molecule has 3 heterocycles. The van der Waals surface area contributed by atoms with Gasteiger partial charge in [0.25, 0.3) is 0 Å². The predicted octanol–water partition coefficient (Wildman–Crippen LogP) is 3.58. The van der Waals surface area contributed by atoms with Crippen molar-refractivity contribution < 1.29 is 14.6 Å². The highest BCUT2D eigenvalue weighted by Gasteiger charge is 2.50. The number of aliphatic hydroxyl groups excluding tert-OH is 1. The van der Waals surface area contributed by atoms with Crippen LogP contribution < -0.4 is 15.4 Å². The van der Waals surface area contributed by atoms with E-state index in [-0.39, 0.29) is 18.1 Å². The van der Waals surface area contributed by atoms with E-state index in [0.717, 1.165) is 61.7 Å². The third kappa shape index (κ3) is 5.21. The van der Waals surface area contributed by atoms with E-state index in [1.165, 1.54) is 16.5 Å². The second-order valence-corrected chi connectivity index (χ2v) is 11.9. The molecule has 10 nitrogen and oxygen atoms in total. The molecular formula is C30H37N7O3. The van der Waals surface area contributed by atoms with E-state index in [1.54, 1.807) is 0 Å². The summed E-state index contributed by atoms with van der Waals surface area (Å²) in [6.45, 7) is 4.84. The summed E-state index contributed by atoms with van der Waals surface area (Å²) in [6.07, 6.45) is 7.54. The number of aryl methyl sites for hydroxylation is 2. The van der Waals surface area contributed by atoms with Crippen LogP contribution in [0.2, 0.25) is 0 Å². The van der Waals surface area contributed by atoms with Crippen LogP contribution in [-0.4, -0.2) is 61.4 Å². The van der Waals surface area contributed by atoms with Crippen molar-refractivity contribution in [1.29, 1.82) is 0 Å². The number of aliphatic hydroxyl groups is 1. The van der Waals surface area contributed by atoms with Gasteiger partial charge in [0.15, 0.2) is 5.82 Å². The van der Waals surface area contributed by atoms with Crippen molar-refractivity contribution >= 4 is 22.5 Å². The molecule has 210 valence electrons. The van der Waals surface area contributed by atoms with Gasteiger partial charge in [-0.25, -0.2) is 0 Å². The molecule has 0 unspecified atom stereocenters. The number of carbonyl (C=O) groups excluding carboxylic acids is 1. The largest absolute Gasteiger partial charge is 0.490 e. The summed E-state index contributed by atoms with van der Waals surface area (Å²) in [6, 6.07) is 12.3. The Hall–Kier alpha value is -3.76. The number of amides is 1. The maximum absolute atomic E-state index is 12.8. The average molecular weight is 544 g/mol. The van der Waals surface area contributed by atoms with Gasteiger partial charge < -0.3 is 25.5 Å². The molecular weight excluding hydrogens is 506 g/mol. The number of carbonyl (C=O) groups is 1. The van der Waals surface area contributed by atoms with Crippen LogP contribution in [0.3, 0.4) is 0 Å². The highest BCUT2D eigenvalue weighted by molar-refractivity contribution is 6.07. The maximum Gasteiger partial charge on any atom is 0.235 e. The fraction of sp³-hybridized carbons (Fsp3) is 0.467. The summed E-state index contributed by atoms with van der Waals surface area (Å²) >= 11 is 0. The quantitative estimate of drug-likeness (QED) is 0.195. The molecule has 2 aliphatic rings. The highest BCUT2D eigenvalue weighted by Crippen LogP contribution is 2.52. The molecule has 0 bridgehead atoms. The Bertz CT molecular complexity index is 1490. The molecule has 1 aliphatic carbocycles. The second-order valence-electron chi connectivity index (χ2n) is 11.9. The standard InChI is InChI=1S/C30H37N7O3/c1-29(2,15-20-16-31-24-14-19(8-10-22(20)24)9-11-26-34-36-37-35-26)32-17-21(38)18-40-25-7-5-6-23-27(25)30(28(39)33-23)12-3-4-13-30/h5-8,10,14,16,21,31-32,38H,3-4,9,11-13,15,17-18H2,1-2H3,(H,33,39)(H,34,35,36,37)/t21-/m0/s1. The fourth-order valence-electron chi connectivity index (χ4n) is 6.32. The normalized spacial score (nSPS) is 16.9. The summed E-state index contributed by atoms with van der Waals surface area (Å²) < 4.78 is 6.13. The lowest BCUT2D eigenvalue weighted by Gasteiger charge is -2.28. The molecule has 1 aliphatic heterocycles. The lowest BCUT2D eigenvalue weighted by atomic mass is 9.79. The Labute approximate surface area is 233 Å². The summed E-state index contributed by atoms with van der Waals surface area (Å²) in [5.74, 6) is 1.49. The van der Waals surface area contributed by atoms with Crippen LogP contribution in [0.1, 0.15) is 62.0 Å². The van der Waals surface area contributed by atoms with Gasteiger partial charge in [-0.2, -0.15) is 5.21 Å². The molecule has 10 heteroatoms. The van der Waals surface area contributed by atoms with Crippen molar-refractivity contribution in [3.8, 4) is 5.75 Å². The van der Waals surface area contributed by atoms with Gasteiger partial charge in [-0.05, 0) is 68.9 Å². The lowest BCUT2D eigenvalue weighted by molar-refractivity contribution is -0.120. The van der Waals surface area contributed by atoms with E-state index < -0.39 is 11.5 Å². The van der Waals surface area contributed by atoms with Gasteiger partial charge in [-0.1, -0.05) is 36.3 Å². The maximum atomic E-state index is 12.8. The number of aromatic amines is 2. The Morgan fingerprint density at radius 1 is 1.18 bits per heavy atom. The zero-order valence-electron chi connectivity index (χ0n) is 23.1. The minimum absolute atomic E-state index is 0.0809. The molecule has 1 amide bonds. The van der Waals surface area contributed by atoms with Crippen molar-refractivity contribution in [1.82, 2.24) is 30.9 Å². The number of nitrogens with zero attached hydrogens (tertiary/aromatic N) is 3. The smallest absolute Gasteiger partial charge is 0.235 e. The molecule has 2 aromatic heterocycles. The van der Waals surface area contributed by atoms with Gasteiger partial charge in [-0.3, -0.25) is 4.79 Å². The lowest BCUT2D eigenvalue weighted by Crippen LogP contribution is -2.46. The number of nitrogens with one attached hydrogen (secondary N) is 4. The number of hydrogen-bond donors (Lipinski definition) is 5. The summed E-state index contributed by atoms with van der Waals surface area (Å²) in [7, 11) is 0. The van der Waals surface area contributed by atoms with Gasteiger partial charge >= 0.3 is 0 Å². The molecule has 1 spiro atoms. The first-order chi connectivity index (χ1) is 19.3. The monoisotopic (exact) mass is 543 g/mol. The van der Waals surface area contributed by atoms with E-state index >= 15 is 0 Å². The van der Waals surface area contributed by atoms with Crippen LogP contribution in [0.15, 0.2) is 42.6 Å². The molecule has 4 aromatic rings. The third-order valence-electron chi connectivity index (χ3n) is 8.38. The minimum Gasteiger partial charge on any atom is -0.490 e. The molecule has 5 N–H and O–H groups in total. The van der Waals surface area contributed by atoms with E-state index in [9.17, 15) is 9.90 Å². The molecule has 1 fully saturated rings. The topological polar surface area (TPSA) is 141 Å². The Kier molecular flexibility index (Phi) is 7.06. The number of tetrazole rings is 1. The number of H-pyrrole nitrogens is 2. The van der Waals surface area contributed by atoms with Crippen LogP contribution in [0, 0.1) is 0 Å². The van der Waals surface area contributed by atoms with Crippen LogP contribution in [0.4, 0.5) is 5.69 Å². The molecule has 1 saturated carbocycles. The van der Waals surface area contributed by atoms with Gasteiger partial charge in [-0.15, -0.1) is 10.2 Å². The van der Waals surface area contributed by atoms with Gasteiger partial charge in [0.2, 0.25) is 5.91 Å². The van der Waals surface area contributed by atoms with E-state index in [0.29, 0.717) is 18.1 Å². The van der Waals surface area contributed by atoms with Gasteiger partial charge in [0, 0.05) is 46.9 Å². The number of hydrogen-bond acceptors (Lipinski definition) is 7. The number of rotatable bonds is 11. The Morgan fingerprint density at radius 2 is 2.02 bits per heavy atom. The van der Waals surface area contributed by atoms with Gasteiger partial charge in [0.1, 0.15) is 18.5 Å². The van der Waals surface area contributed by atoms with Crippen molar-refractivity contribution in [2.45, 2.75) is 75.9 Å².